The van der Waals surface area contributed by atoms with Gasteiger partial charge in [0.1, 0.15) is 0 Å². The molecule has 0 aromatic heterocycles. The predicted octanol–water partition coefficient (Wildman–Crippen LogP) is 4.26. The number of nitrogens with one attached hydrogen (secondary N) is 1. The molecule has 0 aliphatic carbocycles. The number of hydrogen-bond donors (Lipinski definition) is 1. The lowest BCUT2D eigenvalue weighted by Gasteiger charge is -2.54. The zero-order valence-corrected chi connectivity index (χ0v) is 12.9. The summed E-state index contributed by atoms with van der Waals surface area (Å²) in [5.74, 6) is 0.159. The molecule has 0 unspecified atom stereocenters. The van der Waals surface area contributed by atoms with Crippen LogP contribution in [-0.2, 0) is 11.2 Å². The molecule has 0 saturated heterocycles. The number of fused-ring (bicyclic) bond motifs is 1. The van der Waals surface area contributed by atoms with E-state index in [4.69, 9.17) is 0 Å². The second-order valence-electron chi connectivity index (χ2n) is 7.69. The fourth-order valence-corrected chi connectivity index (χ4v) is 3.73. The summed E-state index contributed by atoms with van der Waals surface area (Å²) >= 11 is 0. The van der Waals surface area contributed by atoms with Gasteiger partial charge in [-0.1, -0.05) is 59.7 Å². The molecule has 2 rings (SSSR count). The lowest BCUT2D eigenvalue weighted by Crippen LogP contribution is -2.57. The Morgan fingerprint density at radius 1 is 1.00 bits per heavy atom. The average Bonchev–Trinajstić information content (AvgIpc) is 2.24. The quantitative estimate of drug-likeness (QED) is 0.741. The second kappa shape index (κ2) is 4.09. The zero-order valence-electron chi connectivity index (χ0n) is 12.9. The number of amides is 1. The van der Waals surface area contributed by atoms with Crippen LogP contribution >= 0.6 is 0 Å². The normalized spacial score (nSPS) is 18.7. The highest BCUT2D eigenvalue weighted by Crippen LogP contribution is 2.56. The van der Waals surface area contributed by atoms with E-state index in [-0.39, 0.29) is 16.7 Å². The standard InChI is InChI=1S/C17H25NO/c1-15(2,3)17(16(4,5)6)11-12-9-7-8-10-13(12)18-14(17)19/h7-10H,11H2,1-6H3,(H,18,19). The summed E-state index contributed by atoms with van der Waals surface area (Å²) in [6.07, 6.45) is 0.808. The number of carbonyl (C=O) groups is 1. The van der Waals surface area contributed by atoms with E-state index < -0.39 is 5.41 Å². The van der Waals surface area contributed by atoms with Crippen molar-refractivity contribution in [1.29, 1.82) is 0 Å². The van der Waals surface area contributed by atoms with Crippen LogP contribution in [0.2, 0.25) is 0 Å². The summed E-state index contributed by atoms with van der Waals surface area (Å²) < 4.78 is 0. The Hall–Kier alpha value is -1.31. The van der Waals surface area contributed by atoms with Gasteiger partial charge in [-0.05, 0) is 28.9 Å². The van der Waals surface area contributed by atoms with Crippen LogP contribution < -0.4 is 5.32 Å². The van der Waals surface area contributed by atoms with Crippen LogP contribution in [0.15, 0.2) is 24.3 Å². The maximum absolute atomic E-state index is 12.9. The monoisotopic (exact) mass is 259 g/mol. The van der Waals surface area contributed by atoms with E-state index in [1.165, 1.54) is 5.56 Å². The highest BCUT2D eigenvalue weighted by atomic mass is 16.2. The van der Waals surface area contributed by atoms with Gasteiger partial charge in [0.15, 0.2) is 0 Å². The van der Waals surface area contributed by atoms with E-state index in [9.17, 15) is 4.79 Å². The minimum Gasteiger partial charge on any atom is -0.325 e. The van der Waals surface area contributed by atoms with Crippen LogP contribution in [0.25, 0.3) is 0 Å². The Kier molecular flexibility index (Phi) is 3.04. The van der Waals surface area contributed by atoms with Crippen molar-refractivity contribution in [2.75, 3.05) is 5.32 Å². The summed E-state index contributed by atoms with van der Waals surface area (Å²) in [6, 6.07) is 8.14. The fraction of sp³-hybridized carbons (Fsp3) is 0.588. The minimum absolute atomic E-state index is 0.0944. The average molecular weight is 259 g/mol. The molecule has 1 amide bonds. The van der Waals surface area contributed by atoms with Crippen LogP contribution in [0.4, 0.5) is 5.69 Å². The lowest BCUT2D eigenvalue weighted by atomic mass is 9.50. The summed E-state index contributed by atoms with van der Waals surface area (Å²) in [7, 11) is 0. The van der Waals surface area contributed by atoms with Gasteiger partial charge in [0.25, 0.3) is 0 Å². The molecule has 2 heteroatoms. The van der Waals surface area contributed by atoms with Crippen LogP contribution in [0.1, 0.15) is 47.1 Å². The second-order valence-corrected chi connectivity index (χ2v) is 7.69. The molecule has 0 atom stereocenters. The van der Waals surface area contributed by atoms with Gasteiger partial charge in [-0.25, -0.2) is 0 Å². The third kappa shape index (κ3) is 1.98. The molecular weight excluding hydrogens is 234 g/mol. The molecule has 1 aromatic rings. The van der Waals surface area contributed by atoms with Crippen molar-refractivity contribution >= 4 is 11.6 Å². The molecule has 1 N–H and O–H groups in total. The van der Waals surface area contributed by atoms with E-state index in [1.807, 2.05) is 18.2 Å². The van der Waals surface area contributed by atoms with Crippen molar-refractivity contribution in [3.8, 4) is 0 Å². The smallest absolute Gasteiger partial charge is 0.231 e. The van der Waals surface area contributed by atoms with Gasteiger partial charge in [-0.3, -0.25) is 4.79 Å². The summed E-state index contributed by atoms with van der Waals surface area (Å²) in [5, 5.41) is 3.12. The Balaban J connectivity index is 2.62. The molecule has 0 radical (unpaired) electrons. The molecule has 0 spiro atoms. The predicted molar refractivity (Wildman–Crippen MR) is 80.1 cm³/mol. The lowest BCUT2D eigenvalue weighted by molar-refractivity contribution is -0.143. The summed E-state index contributed by atoms with van der Waals surface area (Å²) in [4.78, 5) is 12.9. The molecule has 104 valence electrons. The molecular formula is C17H25NO. The topological polar surface area (TPSA) is 29.1 Å². The molecule has 1 aromatic carbocycles. The van der Waals surface area contributed by atoms with Crippen LogP contribution in [0, 0.1) is 16.2 Å². The van der Waals surface area contributed by atoms with Gasteiger partial charge in [0, 0.05) is 5.69 Å². The molecule has 1 aliphatic heterocycles. The van der Waals surface area contributed by atoms with Gasteiger partial charge in [0.05, 0.1) is 5.41 Å². The first kappa shape index (κ1) is 14.1. The van der Waals surface area contributed by atoms with Crippen molar-refractivity contribution < 1.29 is 4.79 Å². The summed E-state index contributed by atoms with van der Waals surface area (Å²) in [6.45, 7) is 13.0. The molecule has 0 bridgehead atoms. The summed E-state index contributed by atoms with van der Waals surface area (Å²) in [5.41, 5.74) is 1.63. The first-order valence-electron chi connectivity index (χ1n) is 6.99. The number of hydrogen-bond acceptors (Lipinski definition) is 1. The van der Waals surface area contributed by atoms with Crippen LogP contribution in [-0.4, -0.2) is 5.91 Å². The van der Waals surface area contributed by atoms with E-state index in [2.05, 4.69) is 52.9 Å². The largest absolute Gasteiger partial charge is 0.325 e. The van der Waals surface area contributed by atoms with Gasteiger partial charge in [0.2, 0.25) is 5.91 Å². The number of rotatable bonds is 0. The van der Waals surface area contributed by atoms with E-state index in [1.54, 1.807) is 0 Å². The highest BCUT2D eigenvalue weighted by molar-refractivity contribution is 5.99. The minimum atomic E-state index is -0.394. The van der Waals surface area contributed by atoms with Crippen LogP contribution in [0.3, 0.4) is 0 Å². The van der Waals surface area contributed by atoms with Gasteiger partial charge >= 0.3 is 0 Å². The molecule has 0 fully saturated rings. The third-order valence-corrected chi connectivity index (χ3v) is 4.67. The maximum Gasteiger partial charge on any atom is 0.231 e. The highest BCUT2D eigenvalue weighted by Gasteiger charge is 2.57. The zero-order chi connectivity index (χ0) is 14.5. The van der Waals surface area contributed by atoms with Gasteiger partial charge in [-0.15, -0.1) is 0 Å². The Labute approximate surface area is 116 Å². The van der Waals surface area contributed by atoms with Gasteiger partial charge < -0.3 is 5.32 Å². The Morgan fingerprint density at radius 3 is 2.05 bits per heavy atom. The fourth-order valence-electron chi connectivity index (χ4n) is 3.73. The van der Waals surface area contributed by atoms with Crippen molar-refractivity contribution in [3.05, 3.63) is 29.8 Å². The van der Waals surface area contributed by atoms with Crippen molar-refractivity contribution in [2.24, 2.45) is 16.2 Å². The SMILES string of the molecule is CC(C)(C)C1(C(C)(C)C)Cc2ccccc2NC1=O. The van der Waals surface area contributed by atoms with E-state index in [0.717, 1.165) is 12.1 Å². The van der Waals surface area contributed by atoms with Crippen molar-refractivity contribution in [2.45, 2.75) is 48.0 Å². The molecule has 2 nitrogen and oxygen atoms in total. The maximum atomic E-state index is 12.9. The Bertz CT molecular complexity index is 489. The molecule has 0 saturated carbocycles. The first-order chi connectivity index (χ1) is 8.59. The third-order valence-electron chi connectivity index (χ3n) is 4.67. The molecule has 1 aliphatic rings. The number of carbonyl (C=O) groups excluding carboxylic acids is 1. The van der Waals surface area contributed by atoms with Crippen molar-refractivity contribution in [1.82, 2.24) is 0 Å². The van der Waals surface area contributed by atoms with Crippen molar-refractivity contribution in [3.63, 3.8) is 0 Å². The molecule has 19 heavy (non-hydrogen) atoms. The van der Waals surface area contributed by atoms with E-state index in [0.29, 0.717) is 0 Å². The van der Waals surface area contributed by atoms with Gasteiger partial charge in [-0.2, -0.15) is 0 Å². The Morgan fingerprint density at radius 2 is 1.53 bits per heavy atom. The number of para-hydroxylation sites is 1. The van der Waals surface area contributed by atoms with E-state index >= 15 is 0 Å². The molecule has 1 heterocycles. The number of benzene rings is 1. The number of anilines is 1. The van der Waals surface area contributed by atoms with Crippen LogP contribution in [0.5, 0.6) is 0 Å². The first-order valence-corrected chi connectivity index (χ1v) is 6.99.